The summed E-state index contributed by atoms with van der Waals surface area (Å²) in [5, 5.41) is 0.256. The van der Waals surface area contributed by atoms with Crippen molar-refractivity contribution < 1.29 is 0 Å². The molecular formula is C10H14ClN. The molecule has 0 aliphatic carbocycles. The molecule has 0 saturated carbocycles. The van der Waals surface area contributed by atoms with Gasteiger partial charge in [0.15, 0.2) is 0 Å². The second-order valence-electron chi connectivity index (χ2n) is 3.01. The van der Waals surface area contributed by atoms with Gasteiger partial charge < -0.3 is 0 Å². The van der Waals surface area contributed by atoms with Gasteiger partial charge in [-0.05, 0) is 37.0 Å². The van der Waals surface area contributed by atoms with Crippen LogP contribution in [0.15, 0.2) is 18.5 Å². The second kappa shape index (κ2) is 4.46. The zero-order valence-corrected chi connectivity index (χ0v) is 8.30. The third-order valence-electron chi connectivity index (χ3n) is 2.02. The van der Waals surface area contributed by atoms with Gasteiger partial charge in [-0.2, -0.15) is 0 Å². The molecule has 0 fully saturated rings. The Kier molecular flexibility index (Phi) is 3.54. The summed E-state index contributed by atoms with van der Waals surface area (Å²) in [5.74, 6) is 0. The van der Waals surface area contributed by atoms with Gasteiger partial charge in [-0.3, -0.25) is 4.98 Å². The van der Waals surface area contributed by atoms with E-state index in [1.54, 1.807) is 0 Å². The van der Waals surface area contributed by atoms with Gasteiger partial charge in [-0.15, -0.1) is 11.6 Å². The molecule has 66 valence electrons. The molecule has 1 unspecified atom stereocenters. The molecule has 0 aromatic carbocycles. The molecular weight excluding hydrogens is 170 g/mol. The first-order valence-electron chi connectivity index (χ1n) is 4.27. The Balaban J connectivity index is 2.69. The summed E-state index contributed by atoms with van der Waals surface area (Å²) in [6, 6.07) is 2.04. The monoisotopic (exact) mass is 183 g/mol. The van der Waals surface area contributed by atoms with Crippen molar-refractivity contribution >= 4 is 11.6 Å². The van der Waals surface area contributed by atoms with Crippen molar-refractivity contribution in [2.75, 3.05) is 0 Å². The maximum atomic E-state index is 6.05. The minimum absolute atomic E-state index is 0.256. The normalized spacial score (nSPS) is 12.9. The fourth-order valence-corrected chi connectivity index (χ4v) is 1.28. The Hall–Kier alpha value is -0.560. The van der Waals surface area contributed by atoms with Crippen molar-refractivity contribution in [3.8, 4) is 0 Å². The first kappa shape index (κ1) is 9.53. The zero-order valence-electron chi connectivity index (χ0n) is 7.55. The molecule has 0 bridgehead atoms. The van der Waals surface area contributed by atoms with Crippen LogP contribution >= 0.6 is 11.6 Å². The number of aromatic nitrogens is 1. The Morgan fingerprint density at radius 2 is 2.33 bits per heavy atom. The lowest BCUT2D eigenvalue weighted by atomic mass is 10.1. The van der Waals surface area contributed by atoms with Gasteiger partial charge in [0.05, 0.1) is 0 Å². The lowest BCUT2D eigenvalue weighted by Crippen LogP contribution is -2.02. The molecule has 1 rings (SSSR count). The Labute approximate surface area is 78.8 Å². The Morgan fingerprint density at radius 1 is 1.58 bits per heavy atom. The second-order valence-corrected chi connectivity index (χ2v) is 3.63. The van der Waals surface area contributed by atoms with Gasteiger partial charge in [0, 0.05) is 17.8 Å². The summed E-state index contributed by atoms with van der Waals surface area (Å²) >= 11 is 6.05. The van der Waals surface area contributed by atoms with E-state index in [2.05, 4.69) is 18.8 Å². The van der Waals surface area contributed by atoms with Crippen molar-refractivity contribution in [1.82, 2.24) is 4.98 Å². The predicted octanol–water partition coefficient (Wildman–Crippen LogP) is 2.95. The fraction of sp³-hybridized carbons (Fsp3) is 0.500. The number of rotatable bonds is 3. The first-order valence-corrected chi connectivity index (χ1v) is 4.71. The molecule has 1 heterocycles. The number of alkyl halides is 1. The van der Waals surface area contributed by atoms with Crippen LogP contribution in [-0.4, -0.2) is 10.4 Å². The molecule has 0 aliphatic heterocycles. The first-order chi connectivity index (χ1) is 5.74. The Morgan fingerprint density at radius 3 is 2.92 bits per heavy atom. The average Bonchev–Trinajstić information content (AvgIpc) is 2.09. The summed E-state index contributed by atoms with van der Waals surface area (Å²) in [4.78, 5) is 4.03. The maximum absolute atomic E-state index is 6.05. The van der Waals surface area contributed by atoms with E-state index in [4.69, 9.17) is 11.6 Å². The van der Waals surface area contributed by atoms with Crippen molar-refractivity contribution in [1.29, 1.82) is 0 Å². The molecule has 0 radical (unpaired) electrons. The number of hydrogen-bond donors (Lipinski definition) is 0. The number of halogens is 1. The van der Waals surface area contributed by atoms with Crippen LogP contribution in [0.25, 0.3) is 0 Å². The van der Waals surface area contributed by atoms with E-state index in [0.29, 0.717) is 0 Å². The molecule has 0 N–H and O–H groups in total. The smallest absolute Gasteiger partial charge is 0.0373 e. The van der Waals surface area contributed by atoms with Gasteiger partial charge in [-0.25, -0.2) is 0 Å². The number of nitrogens with zero attached hydrogens (tertiary/aromatic N) is 1. The molecule has 1 aromatic rings. The van der Waals surface area contributed by atoms with E-state index in [0.717, 1.165) is 12.8 Å². The van der Waals surface area contributed by atoms with Crippen molar-refractivity contribution in [3.05, 3.63) is 29.6 Å². The largest absolute Gasteiger partial charge is 0.264 e. The minimum Gasteiger partial charge on any atom is -0.264 e. The van der Waals surface area contributed by atoms with E-state index in [-0.39, 0.29) is 5.38 Å². The number of hydrogen-bond acceptors (Lipinski definition) is 1. The summed E-state index contributed by atoms with van der Waals surface area (Å²) < 4.78 is 0. The van der Waals surface area contributed by atoms with Gasteiger partial charge in [0.25, 0.3) is 0 Å². The van der Waals surface area contributed by atoms with Crippen molar-refractivity contribution in [2.24, 2.45) is 0 Å². The fourth-order valence-electron chi connectivity index (χ4n) is 1.11. The summed E-state index contributed by atoms with van der Waals surface area (Å²) in [7, 11) is 0. The molecule has 12 heavy (non-hydrogen) atoms. The quantitative estimate of drug-likeness (QED) is 0.657. The minimum atomic E-state index is 0.256. The topological polar surface area (TPSA) is 12.9 Å². The molecule has 2 heteroatoms. The van der Waals surface area contributed by atoms with Crippen LogP contribution in [0, 0.1) is 6.92 Å². The highest BCUT2D eigenvalue weighted by atomic mass is 35.5. The maximum Gasteiger partial charge on any atom is 0.0373 e. The van der Waals surface area contributed by atoms with Gasteiger partial charge >= 0.3 is 0 Å². The lowest BCUT2D eigenvalue weighted by molar-refractivity contribution is 0.800. The average molecular weight is 184 g/mol. The highest BCUT2D eigenvalue weighted by molar-refractivity contribution is 6.20. The highest BCUT2D eigenvalue weighted by Crippen LogP contribution is 2.13. The van der Waals surface area contributed by atoms with Crippen LogP contribution in [0.2, 0.25) is 0 Å². The third-order valence-corrected chi connectivity index (χ3v) is 2.48. The van der Waals surface area contributed by atoms with E-state index < -0.39 is 0 Å². The van der Waals surface area contributed by atoms with Crippen molar-refractivity contribution in [2.45, 2.75) is 32.1 Å². The SMILES string of the molecule is CCC(Cl)Cc1ccncc1C. The highest BCUT2D eigenvalue weighted by Gasteiger charge is 2.04. The predicted molar refractivity (Wildman–Crippen MR) is 52.6 cm³/mol. The van der Waals surface area contributed by atoms with Gasteiger partial charge in [0.1, 0.15) is 0 Å². The van der Waals surface area contributed by atoms with E-state index in [9.17, 15) is 0 Å². The van der Waals surface area contributed by atoms with Crippen LogP contribution in [0.1, 0.15) is 24.5 Å². The van der Waals surface area contributed by atoms with Crippen LogP contribution in [0.3, 0.4) is 0 Å². The number of aryl methyl sites for hydroxylation is 1. The van der Waals surface area contributed by atoms with Crippen LogP contribution in [0.4, 0.5) is 0 Å². The van der Waals surface area contributed by atoms with Crippen LogP contribution < -0.4 is 0 Å². The van der Waals surface area contributed by atoms with E-state index >= 15 is 0 Å². The summed E-state index contributed by atoms with van der Waals surface area (Å²) in [5.41, 5.74) is 2.54. The molecule has 1 atom stereocenters. The molecule has 0 aliphatic rings. The molecule has 1 aromatic heterocycles. The zero-order chi connectivity index (χ0) is 8.97. The number of pyridine rings is 1. The molecule has 0 amide bonds. The van der Waals surface area contributed by atoms with Gasteiger partial charge in [-0.1, -0.05) is 6.92 Å². The van der Waals surface area contributed by atoms with Crippen molar-refractivity contribution in [3.63, 3.8) is 0 Å². The van der Waals surface area contributed by atoms with Crippen LogP contribution in [0.5, 0.6) is 0 Å². The third kappa shape index (κ3) is 2.49. The molecule has 1 nitrogen and oxygen atoms in total. The van der Waals surface area contributed by atoms with E-state index in [1.807, 2.05) is 18.5 Å². The van der Waals surface area contributed by atoms with Crippen LogP contribution in [-0.2, 0) is 6.42 Å². The molecule has 0 saturated heterocycles. The Bertz CT molecular complexity index is 247. The standard InChI is InChI=1S/C10H14ClN/c1-3-10(11)6-9-4-5-12-7-8(9)2/h4-5,7,10H,3,6H2,1-2H3. The van der Waals surface area contributed by atoms with E-state index in [1.165, 1.54) is 11.1 Å². The summed E-state index contributed by atoms with van der Waals surface area (Å²) in [6.45, 7) is 4.18. The van der Waals surface area contributed by atoms with Gasteiger partial charge in [0.2, 0.25) is 0 Å². The lowest BCUT2D eigenvalue weighted by Gasteiger charge is -2.07. The molecule has 0 spiro atoms. The summed E-state index contributed by atoms with van der Waals surface area (Å²) in [6.07, 6.45) is 5.67.